The number of rotatable bonds is 3. The van der Waals surface area contributed by atoms with E-state index in [-0.39, 0.29) is 11.6 Å². The summed E-state index contributed by atoms with van der Waals surface area (Å²) in [6, 6.07) is 8.76. The Morgan fingerprint density at radius 1 is 1.17 bits per heavy atom. The second-order valence-electron chi connectivity index (χ2n) is 7.00. The molecule has 2 fully saturated rings. The molecule has 2 aliphatic rings. The molecule has 1 N–H and O–H groups in total. The van der Waals surface area contributed by atoms with Crippen LogP contribution in [-0.4, -0.2) is 45.1 Å². The van der Waals surface area contributed by atoms with Gasteiger partial charge in [0.25, 0.3) is 0 Å². The highest BCUT2D eigenvalue weighted by Crippen LogP contribution is 2.21. The molecule has 2 aromatic rings. The summed E-state index contributed by atoms with van der Waals surface area (Å²) in [6.45, 7) is 2.08. The number of hydrogen-bond acceptors (Lipinski definition) is 3. The molecule has 6 nitrogen and oxygen atoms in total. The first-order valence-electron chi connectivity index (χ1n) is 8.81. The van der Waals surface area contributed by atoms with Crippen molar-refractivity contribution >= 4 is 16.9 Å². The number of hydrogen-bond donors (Lipinski definition) is 1. The molecule has 24 heavy (non-hydrogen) atoms. The summed E-state index contributed by atoms with van der Waals surface area (Å²) < 4.78 is 3.37. The van der Waals surface area contributed by atoms with Crippen LogP contribution < -0.4 is 11.0 Å². The maximum Gasteiger partial charge on any atom is 0.328 e. The zero-order valence-electron chi connectivity index (χ0n) is 14.1. The molecule has 2 bridgehead atoms. The third-order valence-electron chi connectivity index (χ3n) is 5.48. The molecular weight excluding hydrogens is 304 g/mol. The molecule has 2 atom stereocenters. The van der Waals surface area contributed by atoms with Gasteiger partial charge in [-0.3, -0.25) is 13.9 Å². The molecule has 0 radical (unpaired) electrons. The summed E-state index contributed by atoms with van der Waals surface area (Å²) >= 11 is 0. The van der Waals surface area contributed by atoms with Crippen LogP contribution in [0.2, 0.25) is 0 Å². The van der Waals surface area contributed by atoms with Crippen molar-refractivity contribution in [1.29, 1.82) is 0 Å². The Morgan fingerprint density at radius 2 is 1.92 bits per heavy atom. The molecular formula is C18H24N4O2. The van der Waals surface area contributed by atoms with Crippen LogP contribution in [0.1, 0.15) is 25.7 Å². The highest BCUT2D eigenvalue weighted by molar-refractivity contribution is 5.78. The van der Waals surface area contributed by atoms with E-state index in [4.69, 9.17) is 0 Å². The van der Waals surface area contributed by atoms with Gasteiger partial charge in [0.1, 0.15) is 0 Å². The van der Waals surface area contributed by atoms with Gasteiger partial charge in [0, 0.05) is 45.2 Å². The number of carbonyl (C=O) groups is 1. The Kier molecular flexibility index (Phi) is 3.92. The Morgan fingerprint density at radius 3 is 2.75 bits per heavy atom. The summed E-state index contributed by atoms with van der Waals surface area (Å²) in [5, 5.41) is 3.60. The number of para-hydroxylation sites is 2. The molecule has 0 aliphatic carbocycles. The molecule has 2 saturated heterocycles. The van der Waals surface area contributed by atoms with Gasteiger partial charge in [0.15, 0.2) is 0 Å². The second kappa shape index (κ2) is 6.09. The van der Waals surface area contributed by atoms with Crippen molar-refractivity contribution in [2.45, 2.75) is 44.3 Å². The van der Waals surface area contributed by atoms with Crippen LogP contribution in [0.15, 0.2) is 29.1 Å². The minimum atomic E-state index is -0.0550. The fourth-order valence-electron chi connectivity index (χ4n) is 4.11. The molecule has 4 rings (SSSR count). The highest BCUT2D eigenvalue weighted by Gasteiger charge is 2.30. The van der Waals surface area contributed by atoms with Crippen molar-refractivity contribution in [1.82, 2.24) is 19.4 Å². The van der Waals surface area contributed by atoms with Crippen molar-refractivity contribution in [3.63, 3.8) is 0 Å². The fraction of sp³-hybridized carbons (Fsp3) is 0.556. The van der Waals surface area contributed by atoms with E-state index in [2.05, 4.69) is 5.32 Å². The third-order valence-corrected chi connectivity index (χ3v) is 5.48. The van der Waals surface area contributed by atoms with Crippen molar-refractivity contribution in [3.05, 3.63) is 34.7 Å². The molecule has 0 spiro atoms. The molecule has 1 aromatic carbocycles. The molecule has 128 valence electrons. The number of carbonyl (C=O) groups excluding carboxylic acids is 1. The number of imidazole rings is 1. The number of amides is 1. The number of aryl methyl sites for hydroxylation is 2. The normalized spacial score (nSPS) is 23.6. The van der Waals surface area contributed by atoms with E-state index >= 15 is 0 Å². The minimum Gasteiger partial charge on any atom is -0.341 e. The lowest BCUT2D eigenvalue weighted by Crippen LogP contribution is -2.39. The van der Waals surface area contributed by atoms with E-state index in [9.17, 15) is 9.59 Å². The lowest BCUT2D eigenvalue weighted by molar-refractivity contribution is -0.131. The van der Waals surface area contributed by atoms with Crippen molar-refractivity contribution in [2.24, 2.45) is 7.05 Å². The molecule has 2 aliphatic heterocycles. The standard InChI is InChI=1S/C18H24N4O2/c1-20-15-4-2-3-5-16(15)22(18(20)24)11-9-17(23)21-10-8-13-6-7-14(12-21)19-13/h2-5,13-14,19H,6-12H2,1H3. The van der Waals surface area contributed by atoms with Crippen molar-refractivity contribution in [3.8, 4) is 0 Å². The summed E-state index contributed by atoms with van der Waals surface area (Å²) in [4.78, 5) is 27.0. The van der Waals surface area contributed by atoms with Gasteiger partial charge >= 0.3 is 5.69 Å². The van der Waals surface area contributed by atoms with Gasteiger partial charge in [0.05, 0.1) is 11.0 Å². The predicted molar refractivity (Wildman–Crippen MR) is 92.9 cm³/mol. The maximum atomic E-state index is 12.6. The number of likely N-dealkylation sites (tertiary alicyclic amines) is 1. The van der Waals surface area contributed by atoms with Crippen LogP contribution in [0.25, 0.3) is 11.0 Å². The van der Waals surface area contributed by atoms with Crippen molar-refractivity contribution < 1.29 is 4.79 Å². The topological polar surface area (TPSA) is 59.3 Å². The first-order chi connectivity index (χ1) is 11.6. The first kappa shape index (κ1) is 15.4. The van der Waals surface area contributed by atoms with Crippen LogP contribution >= 0.6 is 0 Å². The lowest BCUT2D eigenvalue weighted by Gasteiger charge is -2.24. The van der Waals surface area contributed by atoms with Crippen LogP contribution in [0.4, 0.5) is 0 Å². The van der Waals surface area contributed by atoms with Gasteiger partial charge in [-0.25, -0.2) is 4.79 Å². The molecule has 6 heteroatoms. The van der Waals surface area contributed by atoms with E-state index in [1.807, 2.05) is 29.2 Å². The van der Waals surface area contributed by atoms with Gasteiger partial charge in [-0.15, -0.1) is 0 Å². The van der Waals surface area contributed by atoms with E-state index < -0.39 is 0 Å². The molecule has 3 heterocycles. The van der Waals surface area contributed by atoms with Gasteiger partial charge in [-0.2, -0.15) is 0 Å². The largest absolute Gasteiger partial charge is 0.341 e. The van der Waals surface area contributed by atoms with Gasteiger partial charge in [-0.1, -0.05) is 12.1 Å². The SMILES string of the molecule is Cn1c(=O)n(CCC(=O)N2CCC3CCC(C2)N3)c2ccccc21. The van der Waals surface area contributed by atoms with Gasteiger partial charge in [-0.05, 0) is 31.4 Å². The smallest absolute Gasteiger partial charge is 0.328 e. The van der Waals surface area contributed by atoms with Gasteiger partial charge in [0.2, 0.25) is 5.91 Å². The predicted octanol–water partition coefficient (Wildman–Crippen LogP) is 1.08. The quantitative estimate of drug-likeness (QED) is 0.917. The molecule has 1 aromatic heterocycles. The van der Waals surface area contributed by atoms with Crippen LogP contribution in [0.5, 0.6) is 0 Å². The van der Waals surface area contributed by atoms with E-state index in [1.165, 1.54) is 6.42 Å². The Labute approximate surface area is 141 Å². The average molecular weight is 328 g/mol. The summed E-state index contributed by atoms with van der Waals surface area (Å²) in [6.07, 6.45) is 3.82. The average Bonchev–Trinajstić information content (AvgIpc) is 3.04. The number of aromatic nitrogens is 2. The van der Waals surface area contributed by atoms with Crippen LogP contribution in [0, 0.1) is 0 Å². The highest BCUT2D eigenvalue weighted by atomic mass is 16.2. The van der Waals surface area contributed by atoms with Gasteiger partial charge < -0.3 is 10.2 Å². The second-order valence-corrected chi connectivity index (χ2v) is 7.00. The number of fused-ring (bicyclic) bond motifs is 3. The monoisotopic (exact) mass is 328 g/mol. The van der Waals surface area contributed by atoms with Crippen molar-refractivity contribution in [2.75, 3.05) is 13.1 Å². The Balaban J connectivity index is 1.48. The van der Waals surface area contributed by atoms with Crippen LogP contribution in [0.3, 0.4) is 0 Å². The number of benzene rings is 1. The number of nitrogens with zero attached hydrogens (tertiary/aromatic N) is 3. The fourth-order valence-corrected chi connectivity index (χ4v) is 4.11. The zero-order chi connectivity index (χ0) is 16.7. The molecule has 1 amide bonds. The summed E-state index contributed by atoms with van der Waals surface area (Å²) in [5.74, 6) is 0.157. The Hall–Kier alpha value is -2.08. The third kappa shape index (κ3) is 2.65. The first-order valence-corrected chi connectivity index (χ1v) is 8.81. The van der Waals surface area contributed by atoms with E-state index in [0.29, 0.717) is 25.0 Å². The lowest BCUT2D eigenvalue weighted by atomic mass is 10.1. The zero-order valence-corrected chi connectivity index (χ0v) is 14.1. The maximum absolute atomic E-state index is 12.6. The van der Waals surface area contributed by atoms with E-state index in [0.717, 1.165) is 37.0 Å². The molecule has 0 saturated carbocycles. The molecule has 2 unspecified atom stereocenters. The number of nitrogens with one attached hydrogen (secondary N) is 1. The minimum absolute atomic E-state index is 0.0550. The van der Waals surface area contributed by atoms with Crippen LogP contribution in [-0.2, 0) is 18.4 Å². The summed E-state index contributed by atoms with van der Waals surface area (Å²) in [7, 11) is 1.78. The van der Waals surface area contributed by atoms with E-state index in [1.54, 1.807) is 16.2 Å². The summed E-state index contributed by atoms with van der Waals surface area (Å²) in [5.41, 5.74) is 1.75. The Bertz CT molecular complexity index is 822.